The first-order valence-corrected chi connectivity index (χ1v) is 6.48. The van der Waals surface area contributed by atoms with E-state index in [9.17, 15) is 0 Å². The van der Waals surface area contributed by atoms with Crippen LogP contribution in [0.15, 0.2) is 42.7 Å². The molecule has 0 fully saturated rings. The molecule has 0 atom stereocenters. The number of aryl methyl sites for hydroxylation is 1. The number of pyridine rings is 1. The molecule has 0 spiro atoms. The molecule has 1 aromatic carbocycles. The molecule has 0 unspecified atom stereocenters. The number of hydrogen-bond acceptors (Lipinski definition) is 4. The molecule has 3 aromatic rings. The molecule has 5 heteroatoms. The predicted molar refractivity (Wildman–Crippen MR) is 78.6 cm³/mol. The van der Waals surface area contributed by atoms with Crippen LogP contribution < -0.4 is 10.5 Å². The van der Waals surface area contributed by atoms with Crippen molar-refractivity contribution in [3.63, 3.8) is 0 Å². The van der Waals surface area contributed by atoms with Crippen LogP contribution in [-0.2, 0) is 13.5 Å². The van der Waals surface area contributed by atoms with Gasteiger partial charge in [-0.1, -0.05) is 0 Å². The van der Waals surface area contributed by atoms with Crippen molar-refractivity contribution in [2.75, 3.05) is 12.3 Å². The third-order valence-electron chi connectivity index (χ3n) is 3.30. The molecule has 3 rings (SSSR count). The molecular formula is C15H16N4O. The molecule has 2 heterocycles. The second-order valence-electron chi connectivity index (χ2n) is 4.60. The van der Waals surface area contributed by atoms with Gasteiger partial charge >= 0.3 is 0 Å². The van der Waals surface area contributed by atoms with Gasteiger partial charge in [-0.2, -0.15) is 5.10 Å². The standard InChI is InChI=1S/C15H16N4O/c1-19-11(6-9-18-19)7-10-20-14-5-4-13(16)12-3-2-8-17-15(12)14/h2-6,8-9H,7,10,16H2,1H3. The Hall–Kier alpha value is -2.56. The quantitative estimate of drug-likeness (QED) is 0.736. The Morgan fingerprint density at radius 2 is 2.10 bits per heavy atom. The number of anilines is 1. The van der Waals surface area contributed by atoms with E-state index < -0.39 is 0 Å². The van der Waals surface area contributed by atoms with Crippen LogP contribution in [0.1, 0.15) is 5.69 Å². The van der Waals surface area contributed by atoms with E-state index in [4.69, 9.17) is 10.5 Å². The van der Waals surface area contributed by atoms with Gasteiger partial charge in [0, 0.05) is 42.6 Å². The van der Waals surface area contributed by atoms with E-state index in [2.05, 4.69) is 10.1 Å². The lowest BCUT2D eigenvalue weighted by molar-refractivity contribution is 0.321. The largest absolute Gasteiger partial charge is 0.491 e. The molecule has 0 saturated heterocycles. The molecule has 2 aromatic heterocycles. The van der Waals surface area contributed by atoms with Gasteiger partial charge in [-0.25, -0.2) is 0 Å². The summed E-state index contributed by atoms with van der Waals surface area (Å²) in [5.41, 5.74) is 8.60. The minimum Gasteiger partial charge on any atom is -0.491 e. The van der Waals surface area contributed by atoms with Crippen LogP contribution in [0.25, 0.3) is 10.9 Å². The Kier molecular flexibility index (Phi) is 3.25. The van der Waals surface area contributed by atoms with E-state index in [0.717, 1.165) is 28.8 Å². The average molecular weight is 268 g/mol. The minimum absolute atomic E-state index is 0.578. The number of nitrogen functional groups attached to an aromatic ring is 1. The summed E-state index contributed by atoms with van der Waals surface area (Å²) in [7, 11) is 1.93. The van der Waals surface area contributed by atoms with E-state index in [-0.39, 0.29) is 0 Å². The van der Waals surface area contributed by atoms with E-state index in [0.29, 0.717) is 12.3 Å². The average Bonchev–Trinajstić information content (AvgIpc) is 2.87. The van der Waals surface area contributed by atoms with Crippen LogP contribution in [-0.4, -0.2) is 21.4 Å². The summed E-state index contributed by atoms with van der Waals surface area (Å²) < 4.78 is 7.69. The van der Waals surface area contributed by atoms with Gasteiger partial charge in [-0.05, 0) is 30.3 Å². The van der Waals surface area contributed by atoms with Gasteiger partial charge in [0.1, 0.15) is 11.3 Å². The zero-order valence-corrected chi connectivity index (χ0v) is 11.3. The lowest BCUT2D eigenvalue weighted by Crippen LogP contribution is -2.06. The molecule has 0 aliphatic rings. The third kappa shape index (κ3) is 2.30. The number of fused-ring (bicyclic) bond motifs is 1. The maximum absolute atomic E-state index is 5.94. The van der Waals surface area contributed by atoms with Crippen LogP contribution in [0, 0.1) is 0 Å². The number of ether oxygens (including phenoxy) is 1. The van der Waals surface area contributed by atoms with Crippen molar-refractivity contribution in [1.82, 2.24) is 14.8 Å². The van der Waals surface area contributed by atoms with Crippen molar-refractivity contribution in [3.05, 3.63) is 48.4 Å². The van der Waals surface area contributed by atoms with Gasteiger partial charge in [0.25, 0.3) is 0 Å². The van der Waals surface area contributed by atoms with Crippen LogP contribution in [0.2, 0.25) is 0 Å². The Bertz CT molecular complexity index is 736. The minimum atomic E-state index is 0.578. The number of nitrogens with zero attached hydrogens (tertiary/aromatic N) is 3. The highest BCUT2D eigenvalue weighted by Gasteiger charge is 2.06. The van der Waals surface area contributed by atoms with Crippen molar-refractivity contribution in [1.29, 1.82) is 0 Å². The first kappa shape index (κ1) is 12.5. The molecule has 0 aliphatic heterocycles. The zero-order chi connectivity index (χ0) is 13.9. The summed E-state index contributed by atoms with van der Waals surface area (Å²) in [5, 5.41) is 5.06. The highest BCUT2D eigenvalue weighted by atomic mass is 16.5. The summed E-state index contributed by atoms with van der Waals surface area (Å²) in [4.78, 5) is 4.35. The van der Waals surface area contributed by atoms with Gasteiger partial charge < -0.3 is 10.5 Å². The molecular weight excluding hydrogens is 252 g/mol. The molecule has 0 bridgehead atoms. The summed E-state index contributed by atoms with van der Waals surface area (Å²) in [6.07, 6.45) is 4.33. The number of aromatic nitrogens is 3. The fourth-order valence-corrected chi connectivity index (χ4v) is 2.20. The topological polar surface area (TPSA) is 66.0 Å². The maximum atomic E-state index is 5.94. The first-order valence-electron chi connectivity index (χ1n) is 6.48. The smallest absolute Gasteiger partial charge is 0.145 e. The number of hydrogen-bond donors (Lipinski definition) is 1. The Morgan fingerprint density at radius 1 is 1.20 bits per heavy atom. The van der Waals surface area contributed by atoms with Crippen molar-refractivity contribution in [3.8, 4) is 5.75 Å². The maximum Gasteiger partial charge on any atom is 0.145 e. The van der Waals surface area contributed by atoms with Crippen molar-refractivity contribution < 1.29 is 4.74 Å². The summed E-state index contributed by atoms with van der Waals surface area (Å²) in [5.74, 6) is 0.761. The highest BCUT2D eigenvalue weighted by molar-refractivity contribution is 5.94. The fourth-order valence-electron chi connectivity index (χ4n) is 2.20. The molecule has 20 heavy (non-hydrogen) atoms. The second kappa shape index (κ2) is 5.21. The Balaban J connectivity index is 1.78. The van der Waals surface area contributed by atoms with Gasteiger partial charge in [-0.15, -0.1) is 0 Å². The monoisotopic (exact) mass is 268 g/mol. The molecule has 5 nitrogen and oxygen atoms in total. The van der Waals surface area contributed by atoms with Crippen molar-refractivity contribution in [2.24, 2.45) is 7.05 Å². The van der Waals surface area contributed by atoms with Crippen LogP contribution in [0.3, 0.4) is 0 Å². The van der Waals surface area contributed by atoms with Gasteiger partial charge in [0.2, 0.25) is 0 Å². The predicted octanol–water partition coefficient (Wildman–Crippen LogP) is 2.17. The van der Waals surface area contributed by atoms with Gasteiger partial charge in [-0.3, -0.25) is 9.67 Å². The van der Waals surface area contributed by atoms with E-state index in [1.54, 1.807) is 12.4 Å². The van der Waals surface area contributed by atoms with Gasteiger partial charge in [0.15, 0.2) is 0 Å². The lowest BCUT2D eigenvalue weighted by Gasteiger charge is -2.10. The number of rotatable bonds is 4. The van der Waals surface area contributed by atoms with Crippen molar-refractivity contribution in [2.45, 2.75) is 6.42 Å². The Labute approximate surface area is 117 Å². The zero-order valence-electron chi connectivity index (χ0n) is 11.3. The normalized spacial score (nSPS) is 10.8. The van der Waals surface area contributed by atoms with Crippen LogP contribution in [0.5, 0.6) is 5.75 Å². The summed E-state index contributed by atoms with van der Waals surface area (Å²) in [6.45, 7) is 0.578. The van der Waals surface area contributed by atoms with Crippen LogP contribution >= 0.6 is 0 Å². The molecule has 0 aliphatic carbocycles. The molecule has 0 saturated carbocycles. The SMILES string of the molecule is Cn1nccc1CCOc1ccc(N)c2cccnc12. The first-order chi connectivity index (χ1) is 9.75. The highest BCUT2D eigenvalue weighted by Crippen LogP contribution is 2.28. The molecule has 0 amide bonds. The van der Waals surface area contributed by atoms with Gasteiger partial charge in [0.05, 0.1) is 6.61 Å². The Morgan fingerprint density at radius 3 is 2.90 bits per heavy atom. The summed E-state index contributed by atoms with van der Waals surface area (Å²) >= 11 is 0. The summed E-state index contributed by atoms with van der Waals surface area (Å²) in [6, 6.07) is 9.53. The second-order valence-corrected chi connectivity index (χ2v) is 4.60. The van der Waals surface area contributed by atoms with Crippen molar-refractivity contribution >= 4 is 16.6 Å². The van der Waals surface area contributed by atoms with E-state index in [1.807, 2.05) is 42.1 Å². The molecule has 2 N–H and O–H groups in total. The van der Waals surface area contributed by atoms with Crippen LogP contribution in [0.4, 0.5) is 5.69 Å². The number of benzene rings is 1. The fraction of sp³-hybridized carbons (Fsp3) is 0.200. The van der Waals surface area contributed by atoms with E-state index >= 15 is 0 Å². The molecule has 102 valence electrons. The lowest BCUT2D eigenvalue weighted by atomic mass is 10.1. The number of nitrogens with two attached hydrogens (primary N) is 1. The molecule has 0 radical (unpaired) electrons. The van der Waals surface area contributed by atoms with E-state index in [1.165, 1.54) is 0 Å². The third-order valence-corrected chi connectivity index (χ3v) is 3.30.